The second kappa shape index (κ2) is 6.65. The molecule has 0 aromatic carbocycles. The maximum atomic E-state index is 6.62. The van der Waals surface area contributed by atoms with Crippen molar-refractivity contribution in [3.05, 3.63) is 47.0 Å². The van der Waals surface area contributed by atoms with Gasteiger partial charge in [0.2, 0.25) is 0 Å². The first-order valence-electron chi connectivity index (χ1n) is 8.42. The Bertz CT molecular complexity index is 1010. The van der Waals surface area contributed by atoms with Crippen LogP contribution in [0.3, 0.4) is 0 Å². The molecule has 3 aromatic heterocycles. The van der Waals surface area contributed by atoms with Crippen molar-refractivity contribution in [1.82, 2.24) is 9.97 Å². The van der Waals surface area contributed by atoms with Gasteiger partial charge in [-0.25, -0.2) is 4.98 Å². The molecule has 0 spiro atoms. The molecule has 27 heavy (non-hydrogen) atoms. The fraction of sp³-hybridized carbons (Fsp3) is 0.316. The average molecular weight is 419 g/mol. The van der Waals surface area contributed by atoms with Crippen LogP contribution >= 0.6 is 34.7 Å². The molecule has 5 nitrogen and oxygen atoms in total. The smallest absolute Gasteiger partial charge is 0.181 e. The molecule has 0 saturated heterocycles. The lowest BCUT2D eigenvalue weighted by atomic mass is 10.0. The summed E-state index contributed by atoms with van der Waals surface area (Å²) in [5.74, 6) is 2.17. The van der Waals surface area contributed by atoms with Crippen LogP contribution in [0.1, 0.15) is 25.6 Å². The second-order valence-corrected chi connectivity index (χ2v) is 10.2. The summed E-state index contributed by atoms with van der Waals surface area (Å²) in [6.45, 7) is 6.28. The van der Waals surface area contributed by atoms with Crippen LogP contribution in [0.15, 0.2) is 46.5 Å². The van der Waals surface area contributed by atoms with Crippen LogP contribution < -0.4 is 5.73 Å². The van der Waals surface area contributed by atoms with Gasteiger partial charge in [-0.05, 0) is 32.9 Å². The number of hydrogen-bond donors (Lipinski definition) is 1. The molecule has 8 heteroatoms. The molecule has 0 amide bonds. The van der Waals surface area contributed by atoms with E-state index in [1.54, 1.807) is 35.5 Å². The summed E-state index contributed by atoms with van der Waals surface area (Å²) >= 11 is 10.1. The molecule has 0 radical (unpaired) electrons. The zero-order valence-electron chi connectivity index (χ0n) is 15.2. The van der Waals surface area contributed by atoms with Gasteiger partial charge in [0, 0.05) is 34.2 Å². The van der Waals surface area contributed by atoms with Gasteiger partial charge in [0.15, 0.2) is 12.2 Å². The van der Waals surface area contributed by atoms with Crippen molar-refractivity contribution < 1.29 is 4.42 Å². The van der Waals surface area contributed by atoms with Gasteiger partial charge in [-0.2, -0.15) is 0 Å². The summed E-state index contributed by atoms with van der Waals surface area (Å²) in [6, 6.07) is 4.00. The number of aliphatic imine (C=N–C) groups is 1. The van der Waals surface area contributed by atoms with Gasteiger partial charge >= 0.3 is 0 Å². The molecule has 1 atom stereocenters. The zero-order valence-corrected chi connectivity index (χ0v) is 17.6. The van der Waals surface area contributed by atoms with Crippen LogP contribution in [0.5, 0.6) is 0 Å². The monoisotopic (exact) mass is 418 g/mol. The average Bonchev–Trinajstić information content (AvgIpc) is 3.29. The van der Waals surface area contributed by atoms with Gasteiger partial charge in [0.25, 0.3) is 0 Å². The Balaban J connectivity index is 1.73. The van der Waals surface area contributed by atoms with Gasteiger partial charge in [-0.15, -0.1) is 23.1 Å². The lowest BCUT2D eigenvalue weighted by molar-refractivity contribution is 0.565. The first-order chi connectivity index (χ1) is 12.8. The number of pyridine rings is 1. The Labute approximate surface area is 171 Å². The minimum Gasteiger partial charge on any atom is -0.443 e. The highest BCUT2D eigenvalue weighted by Gasteiger charge is 2.40. The van der Waals surface area contributed by atoms with Crippen LogP contribution in [-0.2, 0) is 5.54 Å². The first-order valence-corrected chi connectivity index (χ1v) is 10.6. The van der Waals surface area contributed by atoms with E-state index in [0.717, 1.165) is 26.6 Å². The largest absolute Gasteiger partial charge is 0.443 e. The highest BCUT2D eigenvalue weighted by atomic mass is 35.5. The van der Waals surface area contributed by atoms with Crippen molar-refractivity contribution in [3.63, 3.8) is 0 Å². The van der Waals surface area contributed by atoms with E-state index < -0.39 is 5.54 Å². The third-order valence-corrected chi connectivity index (χ3v) is 8.10. The van der Waals surface area contributed by atoms with E-state index in [9.17, 15) is 0 Å². The van der Waals surface area contributed by atoms with Crippen molar-refractivity contribution >= 4 is 40.5 Å². The summed E-state index contributed by atoms with van der Waals surface area (Å²) in [4.78, 5) is 15.2. The number of aromatic nitrogens is 2. The molecule has 3 aromatic rings. The quantitative estimate of drug-likeness (QED) is 0.631. The molecular weight excluding hydrogens is 400 g/mol. The number of thioether (sulfide) groups is 1. The summed E-state index contributed by atoms with van der Waals surface area (Å²) in [5.41, 5.74) is 7.65. The van der Waals surface area contributed by atoms with Crippen LogP contribution in [-0.4, -0.2) is 26.3 Å². The van der Waals surface area contributed by atoms with Crippen LogP contribution in [0.2, 0.25) is 5.02 Å². The molecule has 1 aliphatic heterocycles. The van der Waals surface area contributed by atoms with Crippen molar-refractivity contribution in [2.45, 2.75) is 31.1 Å². The van der Waals surface area contributed by atoms with E-state index in [1.807, 2.05) is 18.3 Å². The Hall–Kier alpha value is -1.83. The summed E-state index contributed by atoms with van der Waals surface area (Å²) in [5, 5.41) is 0.708. The Morgan fingerprint density at radius 3 is 2.59 bits per heavy atom. The predicted octanol–water partition coefficient (Wildman–Crippen LogP) is 5.22. The van der Waals surface area contributed by atoms with E-state index in [2.05, 4.69) is 30.7 Å². The molecule has 4 rings (SSSR count). The predicted molar refractivity (Wildman–Crippen MR) is 114 cm³/mol. The fourth-order valence-electron chi connectivity index (χ4n) is 2.89. The lowest BCUT2D eigenvalue weighted by Crippen LogP contribution is -2.44. The zero-order chi connectivity index (χ0) is 19.2. The standard InChI is InChI=1S/C19H19ClN4OS2/c1-18(2)17(21)24-19(3,9-26-18)16-13(20)5-15(27-16)12-4-11(6-22-7-12)14-8-23-10-25-14/h4-8,10H,9H2,1-3H3,(H2,21,24)/t19-/m0/s1. The molecule has 0 bridgehead atoms. The molecule has 0 unspecified atom stereocenters. The van der Waals surface area contributed by atoms with Crippen molar-refractivity contribution in [3.8, 4) is 21.8 Å². The van der Waals surface area contributed by atoms with Crippen LogP contribution in [0.4, 0.5) is 0 Å². The molecule has 4 heterocycles. The number of amidine groups is 1. The highest BCUT2D eigenvalue weighted by molar-refractivity contribution is 8.01. The van der Waals surface area contributed by atoms with Crippen molar-refractivity contribution in [2.24, 2.45) is 10.7 Å². The third kappa shape index (κ3) is 3.39. The van der Waals surface area contributed by atoms with Crippen molar-refractivity contribution in [1.29, 1.82) is 0 Å². The van der Waals surface area contributed by atoms with Gasteiger partial charge < -0.3 is 10.2 Å². The Kier molecular flexibility index (Phi) is 4.56. The molecule has 0 fully saturated rings. The number of oxazole rings is 1. The van der Waals surface area contributed by atoms with Crippen LogP contribution in [0.25, 0.3) is 21.8 Å². The minimum absolute atomic E-state index is 0.151. The minimum atomic E-state index is -0.430. The number of hydrogen-bond acceptors (Lipinski definition) is 7. The number of nitrogens with two attached hydrogens (primary N) is 1. The van der Waals surface area contributed by atoms with Gasteiger partial charge in [-0.3, -0.25) is 9.98 Å². The number of rotatable bonds is 3. The van der Waals surface area contributed by atoms with E-state index >= 15 is 0 Å². The summed E-state index contributed by atoms with van der Waals surface area (Å²) < 4.78 is 5.22. The SMILES string of the molecule is CC1(C)SC[C@@](C)(c2sc(-c3cncc(-c4cnco4)c3)cc2Cl)N=C1N. The van der Waals surface area contributed by atoms with Gasteiger partial charge in [0.05, 0.1) is 20.8 Å². The first kappa shape index (κ1) is 18.5. The number of halogens is 1. The topological polar surface area (TPSA) is 77.3 Å². The lowest BCUT2D eigenvalue weighted by Gasteiger charge is -2.37. The molecule has 0 aliphatic carbocycles. The van der Waals surface area contributed by atoms with E-state index in [4.69, 9.17) is 26.7 Å². The number of nitrogens with zero attached hydrogens (tertiary/aromatic N) is 3. The van der Waals surface area contributed by atoms with Gasteiger partial charge in [-0.1, -0.05) is 11.6 Å². The van der Waals surface area contributed by atoms with Gasteiger partial charge in [0.1, 0.15) is 11.4 Å². The summed E-state index contributed by atoms with van der Waals surface area (Å²) in [7, 11) is 0. The molecular formula is C19H19ClN4OS2. The third-order valence-electron chi connectivity index (χ3n) is 4.61. The van der Waals surface area contributed by atoms with E-state index in [0.29, 0.717) is 16.6 Å². The van der Waals surface area contributed by atoms with Crippen LogP contribution in [0, 0.1) is 0 Å². The molecule has 140 valence electrons. The van der Waals surface area contributed by atoms with E-state index in [1.165, 1.54) is 6.39 Å². The second-order valence-electron chi connectivity index (χ2n) is 7.19. The van der Waals surface area contributed by atoms with E-state index in [-0.39, 0.29) is 4.75 Å². The molecule has 2 N–H and O–H groups in total. The maximum absolute atomic E-state index is 6.62. The Morgan fingerprint density at radius 2 is 1.89 bits per heavy atom. The molecule has 0 saturated carbocycles. The number of thiophene rings is 1. The normalized spacial score (nSPS) is 21.9. The van der Waals surface area contributed by atoms with Crippen molar-refractivity contribution in [2.75, 3.05) is 5.75 Å². The highest BCUT2D eigenvalue weighted by Crippen LogP contribution is 2.47. The molecule has 1 aliphatic rings. The summed E-state index contributed by atoms with van der Waals surface area (Å²) in [6.07, 6.45) is 6.66. The maximum Gasteiger partial charge on any atom is 0.181 e. The Morgan fingerprint density at radius 1 is 1.11 bits per heavy atom. The fourth-order valence-corrected chi connectivity index (χ4v) is 5.64.